The molecule has 0 spiro atoms. The number of halogens is 1. The smallest absolute Gasteiger partial charge is 0.262 e. The molecular formula is C15H14FNO3S. The van der Waals surface area contributed by atoms with E-state index in [1.54, 1.807) is 12.1 Å². The van der Waals surface area contributed by atoms with Crippen molar-refractivity contribution in [3.63, 3.8) is 0 Å². The SMILES string of the molecule is CC(=O)c1ccccc1NS(=O)(=O)c1ccc(F)cc1C. The zero-order valence-corrected chi connectivity index (χ0v) is 12.4. The molecule has 110 valence electrons. The Morgan fingerprint density at radius 1 is 1.14 bits per heavy atom. The molecule has 4 nitrogen and oxygen atoms in total. The van der Waals surface area contributed by atoms with Gasteiger partial charge in [-0.05, 0) is 49.7 Å². The molecule has 0 heterocycles. The van der Waals surface area contributed by atoms with Gasteiger partial charge in [-0.15, -0.1) is 0 Å². The van der Waals surface area contributed by atoms with Crippen molar-refractivity contribution >= 4 is 21.5 Å². The van der Waals surface area contributed by atoms with Crippen molar-refractivity contribution in [3.8, 4) is 0 Å². The van der Waals surface area contributed by atoms with Crippen molar-refractivity contribution in [3.05, 3.63) is 59.4 Å². The first-order valence-corrected chi connectivity index (χ1v) is 7.68. The first-order valence-electron chi connectivity index (χ1n) is 6.20. The second-order valence-corrected chi connectivity index (χ2v) is 6.27. The Balaban J connectivity index is 2.45. The minimum absolute atomic E-state index is 0.0257. The van der Waals surface area contributed by atoms with Crippen LogP contribution < -0.4 is 4.72 Å². The highest BCUT2D eigenvalue weighted by Gasteiger charge is 2.19. The molecule has 6 heteroatoms. The summed E-state index contributed by atoms with van der Waals surface area (Å²) < 4.78 is 40.2. The largest absolute Gasteiger partial charge is 0.294 e. The Labute approximate surface area is 122 Å². The number of ketones is 1. The summed E-state index contributed by atoms with van der Waals surface area (Å²) in [6.45, 7) is 2.87. The van der Waals surface area contributed by atoms with E-state index in [2.05, 4.69) is 4.72 Å². The number of sulfonamides is 1. The minimum Gasteiger partial charge on any atom is -0.294 e. The van der Waals surface area contributed by atoms with Crippen molar-refractivity contribution in [1.82, 2.24) is 0 Å². The van der Waals surface area contributed by atoms with Crippen LogP contribution in [0.3, 0.4) is 0 Å². The Bertz CT molecular complexity index is 800. The predicted octanol–water partition coefficient (Wildman–Crippen LogP) is 3.14. The Kier molecular flexibility index (Phi) is 4.09. The molecule has 21 heavy (non-hydrogen) atoms. The van der Waals surface area contributed by atoms with Crippen molar-refractivity contribution in [2.75, 3.05) is 4.72 Å². The summed E-state index contributed by atoms with van der Waals surface area (Å²) >= 11 is 0. The second-order valence-electron chi connectivity index (χ2n) is 4.62. The van der Waals surface area contributed by atoms with Crippen LogP contribution in [0.4, 0.5) is 10.1 Å². The highest BCUT2D eigenvalue weighted by Crippen LogP contribution is 2.22. The van der Waals surface area contributed by atoms with E-state index < -0.39 is 15.8 Å². The molecule has 0 amide bonds. The van der Waals surface area contributed by atoms with Gasteiger partial charge in [-0.1, -0.05) is 12.1 Å². The molecule has 0 aliphatic rings. The van der Waals surface area contributed by atoms with Crippen LogP contribution in [-0.2, 0) is 10.0 Å². The minimum atomic E-state index is -3.89. The lowest BCUT2D eigenvalue weighted by molar-refractivity contribution is 0.101. The third kappa shape index (κ3) is 3.28. The van der Waals surface area contributed by atoms with Crippen molar-refractivity contribution < 1.29 is 17.6 Å². The average molecular weight is 307 g/mol. The lowest BCUT2D eigenvalue weighted by atomic mass is 10.1. The third-order valence-electron chi connectivity index (χ3n) is 2.98. The van der Waals surface area contributed by atoms with Crippen molar-refractivity contribution in [2.45, 2.75) is 18.7 Å². The Morgan fingerprint density at radius 2 is 1.81 bits per heavy atom. The van der Waals surface area contributed by atoms with E-state index in [0.717, 1.165) is 12.1 Å². The lowest BCUT2D eigenvalue weighted by Gasteiger charge is -2.12. The molecule has 0 radical (unpaired) electrons. The number of carbonyl (C=O) groups is 1. The van der Waals surface area contributed by atoms with Crippen molar-refractivity contribution in [1.29, 1.82) is 0 Å². The van der Waals surface area contributed by atoms with Crippen LogP contribution >= 0.6 is 0 Å². The summed E-state index contributed by atoms with van der Waals surface area (Å²) in [5, 5.41) is 0. The van der Waals surface area contributed by atoms with E-state index in [9.17, 15) is 17.6 Å². The predicted molar refractivity (Wildman–Crippen MR) is 78.4 cm³/mol. The highest BCUT2D eigenvalue weighted by molar-refractivity contribution is 7.92. The molecule has 0 bridgehead atoms. The number of aryl methyl sites for hydroxylation is 1. The van der Waals surface area contributed by atoms with E-state index in [0.29, 0.717) is 5.56 Å². The van der Waals surface area contributed by atoms with Crippen LogP contribution in [0.15, 0.2) is 47.4 Å². The highest BCUT2D eigenvalue weighted by atomic mass is 32.2. The first-order chi connectivity index (χ1) is 9.81. The van der Waals surface area contributed by atoms with E-state index >= 15 is 0 Å². The molecule has 2 aromatic rings. The van der Waals surface area contributed by atoms with E-state index in [-0.39, 0.29) is 21.9 Å². The monoisotopic (exact) mass is 307 g/mol. The molecule has 0 unspecified atom stereocenters. The summed E-state index contributed by atoms with van der Waals surface area (Å²) in [5.41, 5.74) is 0.775. The fraction of sp³-hybridized carbons (Fsp3) is 0.133. The number of hydrogen-bond donors (Lipinski definition) is 1. The molecule has 0 aromatic heterocycles. The van der Waals surface area contributed by atoms with Crippen LogP contribution in [0, 0.1) is 12.7 Å². The lowest BCUT2D eigenvalue weighted by Crippen LogP contribution is -2.16. The van der Waals surface area contributed by atoms with Gasteiger partial charge in [-0.25, -0.2) is 12.8 Å². The van der Waals surface area contributed by atoms with Gasteiger partial charge in [-0.3, -0.25) is 9.52 Å². The average Bonchev–Trinajstić information content (AvgIpc) is 2.37. The topological polar surface area (TPSA) is 63.2 Å². The molecule has 0 aliphatic carbocycles. The van der Waals surface area contributed by atoms with E-state index in [1.807, 2.05) is 0 Å². The number of benzene rings is 2. The number of nitrogens with one attached hydrogen (secondary N) is 1. The van der Waals surface area contributed by atoms with Gasteiger partial charge in [0.25, 0.3) is 10.0 Å². The quantitative estimate of drug-likeness (QED) is 0.883. The number of Topliss-reactive ketones (excluding diaryl/α,β-unsaturated/α-hetero) is 1. The summed E-state index contributed by atoms with van der Waals surface area (Å²) in [7, 11) is -3.89. The van der Waals surface area contributed by atoms with Crippen LogP contribution in [-0.4, -0.2) is 14.2 Å². The van der Waals surface area contributed by atoms with E-state index in [4.69, 9.17) is 0 Å². The zero-order valence-electron chi connectivity index (χ0n) is 11.6. The van der Waals surface area contributed by atoms with Gasteiger partial charge >= 0.3 is 0 Å². The fourth-order valence-electron chi connectivity index (χ4n) is 1.99. The fourth-order valence-corrected chi connectivity index (χ4v) is 3.30. The van der Waals surface area contributed by atoms with Crippen LogP contribution in [0.2, 0.25) is 0 Å². The van der Waals surface area contributed by atoms with Gasteiger partial charge in [0.05, 0.1) is 10.6 Å². The molecule has 0 saturated heterocycles. The first kappa shape index (κ1) is 15.2. The van der Waals surface area contributed by atoms with E-state index in [1.165, 1.54) is 32.0 Å². The maximum absolute atomic E-state index is 13.1. The standard InChI is InChI=1S/C15H14FNO3S/c1-10-9-12(16)7-8-15(10)21(19,20)17-14-6-4-3-5-13(14)11(2)18/h3-9,17H,1-2H3. The summed E-state index contributed by atoms with van der Waals surface area (Å²) in [5.74, 6) is -0.750. The van der Waals surface area contributed by atoms with Gasteiger partial charge in [0.2, 0.25) is 0 Å². The molecular weight excluding hydrogens is 293 g/mol. The molecule has 0 atom stereocenters. The molecule has 0 aliphatic heterocycles. The van der Waals surface area contributed by atoms with Crippen LogP contribution in [0.1, 0.15) is 22.8 Å². The molecule has 0 fully saturated rings. The molecule has 1 N–H and O–H groups in total. The maximum atomic E-state index is 13.1. The number of hydrogen-bond acceptors (Lipinski definition) is 3. The molecule has 0 saturated carbocycles. The summed E-state index contributed by atoms with van der Waals surface area (Å²) in [6, 6.07) is 9.75. The van der Waals surface area contributed by atoms with Gasteiger partial charge in [0.1, 0.15) is 5.82 Å². The number of carbonyl (C=O) groups excluding carboxylic acids is 1. The second kappa shape index (κ2) is 5.65. The van der Waals surface area contributed by atoms with Crippen molar-refractivity contribution in [2.24, 2.45) is 0 Å². The normalized spacial score (nSPS) is 11.2. The molecule has 2 rings (SSSR count). The van der Waals surface area contributed by atoms with Gasteiger partial charge in [0, 0.05) is 5.56 Å². The summed E-state index contributed by atoms with van der Waals surface area (Å²) in [6.07, 6.45) is 0. The van der Waals surface area contributed by atoms with Gasteiger partial charge in [-0.2, -0.15) is 0 Å². The maximum Gasteiger partial charge on any atom is 0.262 e. The third-order valence-corrected chi connectivity index (χ3v) is 4.50. The zero-order chi connectivity index (χ0) is 15.6. The van der Waals surface area contributed by atoms with Gasteiger partial charge in [0.15, 0.2) is 5.78 Å². The van der Waals surface area contributed by atoms with Crippen LogP contribution in [0.25, 0.3) is 0 Å². The molecule has 2 aromatic carbocycles. The number of para-hydroxylation sites is 1. The number of rotatable bonds is 4. The number of anilines is 1. The van der Waals surface area contributed by atoms with Gasteiger partial charge < -0.3 is 0 Å². The Hall–Kier alpha value is -2.21. The Morgan fingerprint density at radius 3 is 2.43 bits per heavy atom. The summed E-state index contributed by atoms with van der Waals surface area (Å²) in [4.78, 5) is 11.5. The van der Waals surface area contributed by atoms with Crippen LogP contribution in [0.5, 0.6) is 0 Å².